The SMILES string of the molecule is Cc1ccc(NC(=O)c2cc(C(=O)O)cc(C(C)(C)C)c2)cc1-c1cc(C(=O)NCC(C)(C)C)on1. The molecule has 36 heavy (non-hydrogen) atoms. The second-order valence-electron chi connectivity index (χ2n) is 11.2. The monoisotopic (exact) mass is 491 g/mol. The minimum absolute atomic E-state index is 0.0528. The summed E-state index contributed by atoms with van der Waals surface area (Å²) < 4.78 is 5.27. The molecule has 3 N–H and O–H groups in total. The van der Waals surface area contributed by atoms with Crippen molar-refractivity contribution in [2.24, 2.45) is 5.41 Å². The first-order chi connectivity index (χ1) is 16.6. The number of aromatic nitrogens is 1. The number of amides is 2. The molecule has 190 valence electrons. The third-order valence-electron chi connectivity index (χ3n) is 5.59. The Bertz CT molecular complexity index is 1310. The summed E-state index contributed by atoms with van der Waals surface area (Å²) in [5.74, 6) is -1.77. The lowest BCUT2D eigenvalue weighted by molar-refractivity contribution is 0.0696. The number of carbonyl (C=O) groups excluding carboxylic acids is 2. The molecule has 0 saturated heterocycles. The van der Waals surface area contributed by atoms with Gasteiger partial charge in [-0.2, -0.15) is 0 Å². The van der Waals surface area contributed by atoms with Crippen LogP contribution in [-0.4, -0.2) is 34.6 Å². The molecule has 1 aromatic heterocycles. The van der Waals surface area contributed by atoms with Crippen LogP contribution in [0.1, 0.15) is 83.9 Å². The summed E-state index contributed by atoms with van der Waals surface area (Å²) in [4.78, 5) is 37.1. The number of hydrogen-bond donors (Lipinski definition) is 3. The van der Waals surface area contributed by atoms with Crippen LogP contribution in [0.4, 0.5) is 5.69 Å². The number of hydrogen-bond acceptors (Lipinski definition) is 5. The van der Waals surface area contributed by atoms with Gasteiger partial charge in [-0.25, -0.2) is 4.79 Å². The third-order valence-corrected chi connectivity index (χ3v) is 5.59. The van der Waals surface area contributed by atoms with Gasteiger partial charge in [0.15, 0.2) is 0 Å². The Morgan fingerprint density at radius 3 is 2.19 bits per heavy atom. The lowest BCUT2D eigenvalue weighted by Gasteiger charge is -2.20. The Morgan fingerprint density at radius 1 is 0.917 bits per heavy atom. The van der Waals surface area contributed by atoms with Crippen molar-refractivity contribution in [3.8, 4) is 11.3 Å². The van der Waals surface area contributed by atoms with E-state index in [1.807, 2.05) is 54.5 Å². The number of carboxylic acid groups (broad SMARTS) is 1. The highest BCUT2D eigenvalue weighted by Gasteiger charge is 2.21. The van der Waals surface area contributed by atoms with E-state index < -0.39 is 11.9 Å². The Morgan fingerprint density at radius 2 is 1.58 bits per heavy atom. The molecule has 0 spiro atoms. The molecule has 2 aromatic carbocycles. The molecule has 2 amide bonds. The van der Waals surface area contributed by atoms with E-state index in [0.717, 1.165) is 11.1 Å². The predicted molar refractivity (Wildman–Crippen MR) is 139 cm³/mol. The van der Waals surface area contributed by atoms with E-state index in [2.05, 4.69) is 15.8 Å². The molecule has 3 rings (SSSR count). The molecule has 0 fully saturated rings. The van der Waals surface area contributed by atoms with Gasteiger partial charge in [0.25, 0.3) is 11.8 Å². The number of anilines is 1. The highest BCUT2D eigenvalue weighted by atomic mass is 16.5. The van der Waals surface area contributed by atoms with Crippen LogP contribution in [0.5, 0.6) is 0 Å². The number of benzene rings is 2. The fourth-order valence-electron chi connectivity index (χ4n) is 3.44. The molecular weight excluding hydrogens is 458 g/mol. The number of aromatic carboxylic acids is 1. The fraction of sp³-hybridized carbons (Fsp3) is 0.357. The van der Waals surface area contributed by atoms with Crippen molar-refractivity contribution in [2.45, 2.75) is 53.9 Å². The van der Waals surface area contributed by atoms with Gasteiger partial charge in [-0.15, -0.1) is 0 Å². The first-order valence-electron chi connectivity index (χ1n) is 11.7. The van der Waals surface area contributed by atoms with Gasteiger partial charge in [-0.3, -0.25) is 9.59 Å². The molecule has 0 aliphatic heterocycles. The van der Waals surface area contributed by atoms with E-state index >= 15 is 0 Å². The summed E-state index contributed by atoms with van der Waals surface area (Å²) in [6.07, 6.45) is 0. The number of aryl methyl sites for hydroxylation is 1. The van der Waals surface area contributed by atoms with Crippen molar-refractivity contribution in [2.75, 3.05) is 11.9 Å². The normalized spacial score (nSPS) is 11.8. The first kappa shape index (κ1) is 26.7. The molecule has 0 saturated carbocycles. The van der Waals surface area contributed by atoms with Gasteiger partial charge in [0.2, 0.25) is 5.76 Å². The maximum atomic E-state index is 13.1. The maximum absolute atomic E-state index is 13.1. The lowest BCUT2D eigenvalue weighted by atomic mass is 9.85. The quantitative estimate of drug-likeness (QED) is 0.408. The van der Waals surface area contributed by atoms with Crippen LogP contribution < -0.4 is 10.6 Å². The van der Waals surface area contributed by atoms with Crippen LogP contribution in [0.3, 0.4) is 0 Å². The molecule has 8 nitrogen and oxygen atoms in total. The summed E-state index contributed by atoms with van der Waals surface area (Å²) in [6.45, 7) is 14.3. The lowest BCUT2D eigenvalue weighted by Crippen LogP contribution is -2.31. The minimum atomic E-state index is -1.10. The van der Waals surface area contributed by atoms with E-state index in [9.17, 15) is 19.5 Å². The van der Waals surface area contributed by atoms with E-state index in [-0.39, 0.29) is 33.6 Å². The average Bonchev–Trinajstić information content (AvgIpc) is 3.27. The summed E-state index contributed by atoms with van der Waals surface area (Å²) in [5, 5.41) is 19.2. The molecule has 0 radical (unpaired) electrons. The second-order valence-corrected chi connectivity index (χ2v) is 11.2. The van der Waals surface area contributed by atoms with Gasteiger partial charge in [0.1, 0.15) is 5.69 Å². The molecule has 0 unspecified atom stereocenters. The number of nitrogens with one attached hydrogen (secondary N) is 2. The maximum Gasteiger partial charge on any atom is 0.335 e. The molecule has 0 atom stereocenters. The second kappa shape index (κ2) is 9.97. The van der Waals surface area contributed by atoms with E-state index in [1.54, 1.807) is 30.3 Å². The van der Waals surface area contributed by atoms with Gasteiger partial charge in [0, 0.05) is 29.4 Å². The summed E-state index contributed by atoms with van der Waals surface area (Å²) in [6, 6.07) is 11.5. The van der Waals surface area contributed by atoms with Gasteiger partial charge >= 0.3 is 5.97 Å². The Kier molecular flexibility index (Phi) is 7.38. The number of nitrogens with zero attached hydrogens (tertiary/aromatic N) is 1. The molecule has 0 aliphatic rings. The smallest absolute Gasteiger partial charge is 0.335 e. The number of carboxylic acids is 1. The standard InChI is InChI=1S/C28H33N3O5/c1-16-8-9-20(13-21(16)22-14-23(36-31-22)25(33)29-15-27(2,3)4)30-24(32)17-10-18(26(34)35)12-19(11-17)28(5,6)7/h8-14H,15H2,1-7H3,(H,29,33)(H,30,32)(H,34,35). The van der Waals surface area contributed by atoms with Crippen LogP contribution in [0, 0.1) is 12.3 Å². The van der Waals surface area contributed by atoms with Gasteiger partial charge in [-0.1, -0.05) is 52.8 Å². The van der Waals surface area contributed by atoms with Crippen molar-refractivity contribution in [1.82, 2.24) is 10.5 Å². The van der Waals surface area contributed by atoms with Crippen molar-refractivity contribution in [1.29, 1.82) is 0 Å². The summed E-state index contributed by atoms with van der Waals surface area (Å²) in [7, 11) is 0. The zero-order valence-corrected chi connectivity index (χ0v) is 21.8. The molecule has 0 aliphatic carbocycles. The molecule has 1 heterocycles. The molecule has 0 bridgehead atoms. The summed E-state index contributed by atoms with van der Waals surface area (Å²) >= 11 is 0. The van der Waals surface area contributed by atoms with Crippen LogP contribution in [0.25, 0.3) is 11.3 Å². The Labute approximate surface area is 211 Å². The highest BCUT2D eigenvalue weighted by Crippen LogP contribution is 2.28. The third kappa shape index (κ3) is 6.59. The van der Waals surface area contributed by atoms with Crippen molar-refractivity contribution < 1.29 is 24.0 Å². The topological polar surface area (TPSA) is 122 Å². The molecule has 3 aromatic rings. The largest absolute Gasteiger partial charge is 0.478 e. The molecule has 8 heteroatoms. The van der Waals surface area contributed by atoms with E-state index in [1.165, 1.54) is 6.07 Å². The Hall–Kier alpha value is -3.94. The predicted octanol–water partition coefficient (Wildman–Crippen LogP) is 5.67. The zero-order valence-electron chi connectivity index (χ0n) is 21.8. The van der Waals surface area contributed by atoms with Crippen LogP contribution in [0.2, 0.25) is 0 Å². The van der Waals surface area contributed by atoms with Crippen LogP contribution in [0.15, 0.2) is 47.0 Å². The van der Waals surface area contributed by atoms with Crippen molar-refractivity contribution in [3.63, 3.8) is 0 Å². The Balaban J connectivity index is 1.85. The van der Waals surface area contributed by atoms with Crippen molar-refractivity contribution >= 4 is 23.5 Å². The first-order valence-corrected chi connectivity index (χ1v) is 11.7. The van der Waals surface area contributed by atoms with Crippen LogP contribution >= 0.6 is 0 Å². The highest BCUT2D eigenvalue weighted by molar-refractivity contribution is 6.06. The summed E-state index contributed by atoms with van der Waals surface area (Å²) in [5.41, 5.74) is 3.19. The van der Waals surface area contributed by atoms with Gasteiger partial charge < -0.3 is 20.3 Å². The van der Waals surface area contributed by atoms with E-state index in [0.29, 0.717) is 23.5 Å². The van der Waals surface area contributed by atoms with Gasteiger partial charge in [0.05, 0.1) is 5.56 Å². The number of rotatable bonds is 6. The minimum Gasteiger partial charge on any atom is -0.478 e. The van der Waals surface area contributed by atoms with Crippen molar-refractivity contribution in [3.05, 3.63) is 70.5 Å². The molecular formula is C28H33N3O5. The average molecular weight is 492 g/mol. The zero-order chi connectivity index (χ0) is 26.8. The van der Waals surface area contributed by atoms with Crippen LogP contribution in [-0.2, 0) is 5.41 Å². The fourth-order valence-corrected chi connectivity index (χ4v) is 3.44. The number of carbonyl (C=O) groups is 3. The van der Waals surface area contributed by atoms with Gasteiger partial charge in [-0.05, 0) is 59.2 Å². The van der Waals surface area contributed by atoms with E-state index in [4.69, 9.17) is 4.52 Å².